The predicted octanol–water partition coefficient (Wildman–Crippen LogP) is 2.30. The van der Waals surface area contributed by atoms with Crippen molar-refractivity contribution >= 4 is 0 Å². The molecule has 2 nitrogen and oxygen atoms in total. The van der Waals surface area contributed by atoms with Gasteiger partial charge in [0.15, 0.2) is 0 Å². The minimum absolute atomic E-state index is 0.356. The van der Waals surface area contributed by atoms with Crippen molar-refractivity contribution in [2.24, 2.45) is 0 Å². The second kappa shape index (κ2) is 4.10. The summed E-state index contributed by atoms with van der Waals surface area (Å²) in [6, 6.07) is 7.39. The van der Waals surface area contributed by atoms with Crippen LogP contribution in [0.15, 0.2) is 18.2 Å². The van der Waals surface area contributed by atoms with Crippen LogP contribution in [-0.2, 0) is 12.8 Å². The molecule has 16 heavy (non-hydrogen) atoms. The Labute approximate surface area is 97.0 Å². The summed E-state index contributed by atoms with van der Waals surface area (Å²) < 4.78 is 5.72. The minimum atomic E-state index is 0.356. The Morgan fingerprint density at radius 2 is 2.38 bits per heavy atom. The second-order valence-electron chi connectivity index (χ2n) is 5.07. The fraction of sp³-hybridized carbons (Fsp3) is 0.571. The Balaban J connectivity index is 1.74. The van der Waals surface area contributed by atoms with Gasteiger partial charge in [0.1, 0.15) is 11.9 Å². The molecule has 1 aromatic carbocycles. The lowest BCUT2D eigenvalue weighted by Gasteiger charge is -2.10. The number of hydrogen-bond donors (Lipinski definition) is 1. The Kier molecular flexibility index (Phi) is 2.60. The van der Waals surface area contributed by atoms with Crippen LogP contribution in [0.25, 0.3) is 0 Å². The maximum Gasteiger partial charge on any atom is 0.123 e. The summed E-state index contributed by atoms with van der Waals surface area (Å²) in [7, 11) is 0. The van der Waals surface area contributed by atoms with E-state index in [1.165, 1.54) is 36.9 Å². The highest BCUT2D eigenvalue weighted by Crippen LogP contribution is 2.30. The molecule has 1 saturated heterocycles. The molecule has 2 atom stereocenters. The molecule has 1 N–H and O–H groups in total. The predicted molar refractivity (Wildman–Crippen MR) is 65.0 cm³/mol. The van der Waals surface area contributed by atoms with Gasteiger partial charge < -0.3 is 10.1 Å². The number of nitrogens with one attached hydrogen (secondary N) is 1. The molecule has 0 saturated carbocycles. The number of benzene rings is 1. The molecule has 0 aromatic heterocycles. The molecule has 2 unspecified atom stereocenters. The molecule has 0 aliphatic carbocycles. The maximum atomic E-state index is 5.72. The lowest BCUT2D eigenvalue weighted by Crippen LogP contribution is -2.23. The van der Waals surface area contributed by atoms with Gasteiger partial charge in [-0.1, -0.05) is 12.1 Å². The molecule has 86 valence electrons. The highest BCUT2D eigenvalue weighted by Gasteiger charge is 2.20. The summed E-state index contributed by atoms with van der Waals surface area (Å²) in [5, 5.41) is 3.55. The molecule has 2 heterocycles. The maximum absolute atomic E-state index is 5.72. The molecular weight excluding hydrogens is 198 g/mol. The van der Waals surface area contributed by atoms with Crippen molar-refractivity contribution in [2.45, 2.75) is 44.8 Å². The molecule has 0 radical (unpaired) electrons. The molecule has 0 bridgehead atoms. The molecule has 1 fully saturated rings. The first-order chi connectivity index (χ1) is 7.81. The highest BCUT2D eigenvalue weighted by atomic mass is 16.5. The van der Waals surface area contributed by atoms with Crippen LogP contribution in [0.2, 0.25) is 0 Å². The molecule has 2 heteroatoms. The van der Waals surface area contributed by atoms with E-state index in [0.29, 0.717) is 12.1 Å². The fourth-order valence-electron chi connectivity index (χ4n) is 2.82. The summed E-state index contributed by atoms with van der Waals surface area (Å²) in [6.07, 6.45) is 5.25. The van der Waals surface area contributed by atoms with Gasteiger partial charge in [0, 0.05) is 12.5 Å². The average Bonchev–Trinajstić information content (AvgIpc) is 2.85. The van der Waals surface area contributed by atoms with Gasteiger partial charge in [0.25, 0.3) is 0 Å². The zero-order chi connectivity index (χ0) is 11.0. The van der Waals surface area contributed by atoms with Gasteiger partial charge in [-0.3, -0.25) is 0 Å². The van der Waals surface area contributed by atoms with E-state index >= 15 is 0 Å². The van der Waals surface area contributed by atoms with E-state index in [9.17, 15) is 0 Å². The van der Waals surface area contributed by atoms with Crippen molar-refractivity contribution in [3.63, 3.8) is 0 Å². The first kappa shape index (κ1) is 10.2. The molecule has 0 spiro atoms. The zero-order valence-corrected chi connectivity index (χ0v) is 9.83. The molecule has 2 aliphatic heterocycles. The third-order valence-electron chi connectivity index (χ3n) is 3.60. The summed E-state index contributed by atoms with van der Waals surface area (Å²) in [5.41, 5.74) is 2.85. The van der Waals surface area contributed by atoms with Crippen LogP contribution < -0.4 is 10.1 Å². The summed E-state index contributed by atoms with van der Waals surface area (Å²) >= 11 is 0. The number of rotatable bonds is 2. The molecule has 1 aromatic rings. The third-order valence-corrected chi connectivity index (χ3v) is 3.60. The summed E-state index contributed by atoms with van der Waals surface area (Å²) in [6.45, 7) is 3.33. The van der Waals surface area contributed by atoms with Crippen LogP contribution in [-0.4, -0.2) is 18.7 Å². The van der Waals surface area contributed by atoms with Gasteiger partial charge >= 0.3 is 0 Å². The topological polar surface area (TPSA) is 21.3 Å². The van der Waals surface area contributed by atoms with Crippen molar-refractivity contribution < 1.29 is 4.74 Å². The van der Waals surface area contributed by atoms with E-state index < -0.39 is 0 Å². The standard InChI is InChI=1S/C14H19NO/c1-10-7-12-8-11(4-5-14(12)16-10)9-13-3-2-6-15-13/h4-5,8,10,13,15H,2-3,6-7,9H2,1H3. The SMILES string of the molecule is CC1Cc2cc(CC3CCCN3)ccc2O1. The lowest BCUT2D eigenvalue weighted by molar-refractivity contribution is 0.254. The first-order valence-corrected chi connectivity index (χ1v) is 6.33. The molecule has 0 amide bonds. The van der Waals surface area contributed by atoms with Gasteiger partial charge in [-0.25, -0.2) is 0 Å². The normalized spacial score (nSPS) is 27.8. The Morgan fingerprint density at radius 3 is 3.19 bits per heavy atom. The Morgan fingerprint density at radius 1 is 1.44 bits per heavy atom. The van der Waals surface area contributed by atoms with Gasteiger partial charge in [-0.2, -0.15) is 0 Å². The first-order valence-electron chi connectivity index (χ1n) is 6.33. The molecule has 3 rings (SSSR count). The smallest absolute Gasteiger partial charge is 0.123 e. The number of ether oxygens (including phenoxy) is 1. The van der Waals surface area contributed by atoms with E-state index in [-0.39, 0.29) is 0 Å². The van der Waals surface area contributed by atoms with Gasteiger partial charge in [-0.05, 0) is 49.9 Å². The Hall–Kier alpha value is -1.02. The zero-order valence-electron chi connectivity index (χ0n) is 9.83. The van der Waals surface area contributed by atoms with Gasteiger partial charge in [0.2, 0.25) is 0 Å². The number of fused-ring (bicyclic) bond motifs is 1. The van der Waals surface area contributed by atoms with E-state index in [4.69, 9.17) is 4.74 Å². The van der Waals surface area contributed by atoms with Crippen LogP contribution in [0.1, 0.15) is 30.9 Å². The second-order valence-corrected chi connectivity index (χ2v) is 5.07. The van der Waals surface area contributed by atoms with Crippen molar-refractivity contribution in [3.8, 4) is 5.75 Å². The highest BCUT2D eigenvalue weighted by molar-refractivity contribution is 5.40. The van der Waals surface area contributed by atoms with E-state index in [1.54, 1.807) is 0 Å². The third kappa shape index (κ3) is 1.94. The Bertz CT molecular complexity index is 382. The minimum Gasteiger partial charge on any atom is -0.490 e. The van der Waals surface area contributed by atoms with E-state index in [2.05, 4.69) is 30.4 Å². The fourth-order valence-corrected chi connectivity index (χ4v) is 2.82. The largest absolute Gasteiger partial charge is 0.490 e. The van der Waals surface area contributed by atoms with Crippen molar-refractivity contribution in [2.75, 3.05) is 6.54 Å². The van der Waals surface area contributed by atoms with Crippen LogP contribution in [0.3, 0.4) is 0 Å². The summed E-state index contributed by atoms with van der Waals surface area (Å²) in [4.78, 5) is 0. The van der Waals surface area contributed by atoms with Crippen LogP contribution in [0, 0.1) is 0 Å². The van der Waals surface area contributed by atoms with E-state index in [1.807, 2.05) is 0 Å². The van der Waals surface area contributed by atoms with Crippen LogP contribution >= 0.6 is 0 Å². The van der Waals surface area contributed by atoms with Crippen LogP contribution in [0.4, 0.5) is 0 Å². The summed E-state index contributed by atoms with van der Waals surface area (Å²) in [5.74, 6) is 1.09. The monoisotopic (exact) mass is 217 g/mol. The van der Waals surface area contributed by atoms with Crippen molar-refractivity contribution in [1.29, 1.82) is 0 Å². The molecule has 2 aliphatic rings. The van der Waals surface area contributed by atoms with E-state index in [0.717, 1.165) is 12.2 Å². The quantitative estimate of drug-likeness (QED) is 0.820. The van der Waals surface area contributed by atoms with Gasteiger partial charge in [0.05, 0.1) is 0 Å². The van der Waals surface area contributed by atoms with Crippen molar-refractivity contribution in [1.82, 2.24) is 5.32 Å². The van der Waals surface area contributed by atoms with Gasteiger partial charge in [-0.15, -0.1) is 0 Å². The average molecular weight is 217 g/mol. The van der Waals surface area contributed by atoms with Crippen molar-refractivity contribution in [3.05, 3.63) is 29.3 Å². The van der Waals surface area contributed by atoms with Crippen LogP contribution in [0.5, 0.6) is 5.75 Å². The molecular formula is C14H19NO. The lowest BCUT2D eigenvalue weighted by atomic mass is 10.0. The number of hydrogen-bond acceptors (Lipinski definition) is 2.